The summed E-state index contributed by atoms with van der Waals surface area (Å²) in [5.41, 5.74) is 0. The largest absolute Gasteiger partial charge is 0.707 e. The minimum absolute atomic E-state index is 0.210. The monoisotopic (exact) mass is 746 g/mol. The molecule has 306 valence electrons. The normalized spacial score (nSPS) is 12.9. The van der Waals surface area contributed by atoms with Gasteiger partial charge in [0.2, 0.25) is 0 Å². The average molecular weight is 746 g/mol. The van der Waals surface area contributed by atoms with E-state index in [1.807, 2.05) is 0 Å². The third kappa shape index (κ3) is 51.4. The van der Waals surface area contributed by atoms with Crippen molar-refractivity contribution in [3.05, 3.63) is 24.3 Å². The number of quaternary nitrogens is 1. The highest BCUT2D eigenvalue weighted by Gasteiger charge is 2.19. The molecule has 1 unspecified atom stereocenters. The van der Waals surface area contributed by atoms with Gasteiger partial charge < -0.3 is 23.5 Å². The van der Waals surface area contributed by atoms with Crippen molar-refractivity contribution < 1.29 is 32.0 Å². The van der Waals surface area contributed by atoms with E-state index in [2.05, 4.69) is 63.6 Å². The van der Waals surface area contributed by atoms with Crippen molar-refractivity contribution in [2.45, 2.75) is 200 Å². The van der Waals surface area contributed by atoms with E-state index in [1.165, 1.54) is 180 Å². The predicted molar refractivity (Wildman–Crippen MR) is 218 cm³/mol. The van der Waals surface area contributed by atoms with Crippen LogP contribution in [0.2, 0.25) is 0 Å². The third-order valence-electron chi connectivity index (χ3n) is 8.99. The molecule has 0 saturated heterocycles. The van der Waals surface area contributed by atoms with Crippen molar-refractivity contribution in [3.63, 3.8) is 0 Å². The molecule has 7 nitrogen and oxygen atoms in total. The lowest BCUT2D eigenvalue weighted by atomic mass is 10.1. The summed E-state index contributed by atoms with van der Waals surface area (Å²) in [5.74, 6) is 0. The SMILES string of the molecule is CCCCCCCC/C=C\CCCCCCCCOCC(C[N+](C)(C)C)OCCCCCCCC/C=C\CCCCCCCC.CS(=O)(=O)O[O-]. The maximum absolute atomic E-state index is 9.47. The summed E-state index contributed by atoms with van der Waals surface area (Å²) in [6.45, 7) is 8.10. The van der Waals surface area contributed by atoms with Gasteiger partial charge in [0.25, 0.3) is 10.1 Å². The molecule has 0 aliphatic rings. The summed E-state index contributed by atoms with van der Waals surface area (Å²) < 4.78 is 34.9. The van der Waals surface area contributed by atoms with Gasteiger partial charge in [0, 0.05) is 13.2 Å². The maximum atomic E-state index is 9.47. The van der Waals surface area contributed by atoms with Gasteiger partial charge in [-0.3, -0.25) is 0 Å². The first-order valence-corrected chi connectivity index (χ1v) is 23.2. The molecule has 0 heterocycles. The van der Waals surface area contributed by atoms with Crippen LogP contribution in [0.25, 0.3) is 0 Å². The zero-order valence-corrected chi connectivity index (χ0v) is 35.6. The quantitative estimate of drug-likeness (QED) is 0.0206. The number of unbranched alkanes of at least 4 members (excludes halogenated alkanes) is 24. The summed E-state index contributed by atoms with van der Waals surface area (Å²) in [5, 5.41) is 8.86. The van der Waals surface area contributed by atoms with Crippen molar-refractivity contribution >= 4 is 10.1 Å². The standard InChI is InChI=1S/C42H84NO2.CH4O4S/c1-6-8-10-12-14-16-18-20-22-24-26-28-30-32-34-36-38-44-41-42(40-43(3,4)5)45-39-37-35-33-31-29-27-25-23-21-19-17-15-13-11-9-7-2;1-6(3,4)5-2/h20-23,42H,6-19,24-41H2,1-5H3;2H,1H3/q+1;/p-1/b22-20-,23-21-;. The van der Waals surface area contributed by atoms with Gasteiger partial charge in [-0.05, 0) is 64.2 Å². The lowest BCUT2D eigenvalue weighted by Gasteiger charge is -2.29. The predicted octanol–water partition coefficient (Wildman–Crippen LogP) is 11.4. The fourth-order valence-electron chi connectivity index (χ4n) is 6.03. The number of ether oxygens (including phenoxy) is 2. The Hall–Kier alpha value is -0.770. The lowest BCUT2D eigenvalue weighted by molar-refractivity contribution is -0.873. The summed E-state index contributed by atoms with van der Waals surface area (Å²) in [4.78, 5) is 0. The molecule has 0 radical (unpaired) electrons. The van der Waals surface area contributed by atoms with Crippen LogP contribution in [0.5, 0.6) is 0 Å². The van der Waals surface area contributed by atoms with E-state index in [4.69, 9.17) is 14.7 Å². The summed E-state index contributed by atoms with van der Waals surface area (Å²) in [6, 6.07) is 0. The van der Waals surface area contributed by atoms with E-state index >= 15 is 0 Å². The molecule has 0 spiro atoms. The maximum Gasteiger partial charge on any atom is 0.255 e. The van der Waals surface area contributed by atoms with E-state index in [0.29, 0.717) is 6.26 Å². The minimum Gasteiger partial charge on any atom is -0.707 e. The summed E-state index contributed by atoms with van der Waals surface area (Å²) in [6.07, 6.45) is 48.3. The zero-order chi connectivity index (χ0) is 38.2. The van der Waals surface area contributed by atoms with Crippen LogP contribution < -0.4 is 5.26 Å². The Kier molecular flexibility index (Phi) is 41.5. The highest BCUT2D eigenvalue weighted by molar-refractivity contribution is 7.85. The molecule has 0 N–H and O–H groups in total. The number of hydrogen-bond acceptors (Lipinski definition) is 6. The van der Waals surface area contributed by atoms with Gasteiger partial charge in [-0.1, -0.05) is 154 Å². The topological polar surface area (TPSA) is 84.9 Å². The molecule has 0 aromatic rings. The van der Waals surface area contributed by atoms with Crippen LogP contribution in [0.3, 0.4) is 0 Å². The second-order valence-corrected chi connectivity index (χ2v) is 17.2. The molecule has 0 aliphatic heterocycles. The zero-order valence-electron chi connectivity index (χ0n) is 34.8. The molecular weight excluding hydrogens is 659 g/mol. The van der Waals surface area contributed by atoms with Gasteiger partial charge in [0.15, 0.2) is 0 Å². The van der Waals surface area contributed by atoms with E-state index in [-0.39, 0.29) is 6.10 Å². The number of hydrogen-bond donors (Lipinski definition) is 0. The van der Waals surface area contributed by atoms with Gasteiger partial charge in [0.1, 0.15) is 12.6 Å². The Morgan fingerprint density at radius 2 is 0.843 bits per heavy atom. The molecule has 0 amide bonds. The molecule has 0 fully saturated rings. The van der Waals surface area contributed by atoms with Crippen LogP contribution in [0.4, 0.5) is 0 Å². The van der Waals surface area contributed by atoms with Crippen LogP contribution in [0, 0.1) is 0 Å². The van der Waals surface area contributed by atoms with Crippen molar-refractivity contribution in [1.29, 1.82) is 0 Å². The number of rotatable bonds is 38. The number of allylic oxidation sites excluding steroid dienone is 4. The Morgan fingerprint density at radius 3 is 1.18 bits per heavy atom. The first-order valence-electron chi connectivity index (χ1n) is 21.4. The molecule has 8 heteroatoms. The second-order valence-electron chi connectivity index (χ2n) is 15.7. The van der Waals surface area contributed by atoms with Gasteiger partial charge >= 0.3 is 0 Å². The molecular formula is C43H87NO6S. The average Bonchev–Trinajstić information content (AvgIpc) is 3.08. The smallest absolute Gasteiger partial charge is 0.255 e. The fraction of sp³-hybridized carbons (Fsp3) is 0.907. The van der Waals surface area contributed by atoms with Gasteiger partial charge in [-0.25, -0.2) is 8.42 Å². The van der Waals surface area contributed by atoms with E-state index in [9.17, 15) is 8.42 Å². The molecule has 0 bridgehead atoms. The van der Waals surface area contributed by atoms with Crippen LogP contribution in [-0.4, -0.2) is 72.8 Å². The van der Waals surface area contributed by atoms with Gasteiger partial charge in [-0.15, -0.1) is 0 Å². The van der Waals surface area contributed by atoms with E-state index in [0.717, 1.165) is 30.8 Å². The molecule has 0 aliphatic carbocycles. The third-order valence-corrected chi connectivity index (χ3v) is 9.24. The molecule has 0 aromatic heterocycles. The van der Waals surface area contributed by atoms with Crippen LogP contribution >= 0.6 is 0 Å². The molecule has 1 atom stereocenters. The van der Waals surface area contributed by atoms with Crippen molar-refractivity contribution in [2.75, 3.05) is 53.8 Å². The number of likely N-dealkylation sites (N-methyl/N-ethyl adjacent to an activating group) is 1. The lowest BCUT2D eigenvalue weighted by Crippen LogP contribution is -2.44. The molecule has 0 aromatic carbocycles. The Labute approximate surface area is 319 Å². The molecule has 0 rings (SSSR count). The van der Waals surface area contributed by atoms with Gasteiger partial charge in [-0.2, -0.15) is 0 Å². The van der Waals surface area contributed by atoms with Crippen LogP contribution in [0.15, 0.2) is 24.3 Å². The van der Waals surface area contributed by atoms with Crippen molar-refractivity contribution in [3.8, 4) is 0 Å². The Morgan fingerprint density at radius 1 is 0.529 bits per heavy atom. The van der Waals surface area contributed by atoms with E-state index in [1.54, 1.807) is 0 Å². The molecule has 0 saturated carbocycles. The summed E-state index contributed by atoms with van der Waals surface area (Å²) in [7, 11) is 3.05. The number of nitrogens with zero attached hydrogens (tertiary/aromatic N) is 1. The highest BCUT2D eigenvalue weighted by Crippen LogP contribution is 2.12. The minimum atomic E-state index is -3.72. The van der Waals surface area contributed by atoms with Crippen LogP contribution in [0.1, 0.15) is 194 Å². The second kappa shape index (κ2) is 40.4. The first kappa shape index (κ1) is 52.3. The highest BCUT2D eigenvalue weighted by atomic mass is 32.2. The first-order chi connectivity index (χ1) is 24.6. The molecule has 51 heavy (non-hydrogen) atoms. The fourth-order valence-corrected chi connectivity index (χ4v) is 6.03. The van der Waals surface area contributed by atoms with Crippen molar-refractivity contribution in [2.24, 2.45) is 0 Å². The summed E-state index contributed by atoms with van der Waals surface area (Å²) >= 11 is 0. The Bertz CT molecular complexity index is 840. The van der Waals surface area contributed by atoms with Crippen molar-refractivity contribution in [1.82, 2.24) is 0 Å². The van der Waals surface area contributed by atoms with E-state index < -0.39 is 10.1 Å². The van der Waals surface area contributed by atoms with Gasteiger partial charge in [0.05, 0.1) is 34.0 Å². The Balaban J connectivity index is 0. The van der Waals surface area contributed by atoms with Crippen LogP contribution in [-0.2, 0) is 23.9 Å².